The van der Waals surface area contributed by atoms with Gasteiger partial charge in [0.2, 0.25) is 0 Å². The third-order valence-corrected chi connectivity index (χ3v) is 4.57. The van der Waals surface area contributed by atoms with Gasteiger partial charge in [0.15, 0.2) is 10.7 Å². The van der Waals surface area contributed by atoms with Crippen molar-refractivity contribution in [1.82, 2.24) is 19.2 Å². The second kappa shape index (κ2) is 6.40. The lowest BCUT2D eigenvalue weighted by Gasteiger charge is -2.19. The highest BCUT2D eigenvalue weighted by molar-refractivity contribution is 7.20. The van der Waals surface area contributed by atoms with Gasteiger partial charge < -0.3 is 0 Å². The highest BCUT2D eigenvalue weighted by Gasteiger charge is 2.57. The average Bonchev–Trinajstić information content (AvgIpc) is 3.10. The molecular formula is C13H5ClF8N4OS. The minimum Gasteiger partial charge on any atom is -0.268 e. The summed E-state index contributed by atoms with van der Waals surface area (Å²) in [6.45, 7) is -1.97. The maximum atomic E-state index is 13.3. The van der Waals surface area contributed by atoms with Crippen LogP contribution in [0.4, 0.5) is 35.1 Å². The molecular weight excluding hydrogens is 448 g/mol. The molecule has 0 N–H and O–H groups in total. The lowest BCUT2D eigenvalue weighted by Crippen LogP contribution is -2.40. The molecule has 0 aliphatic carbocycles. The quantitative estimate of drug-likeness (QED) is 0.550. The van der Waals surface area contributed by atoms with Crippen molar-refractivity contribution in [3.8, 4) is 11.1 Å². The van der Waals surface area contributed by atoms with Gasteiger partial charge in [0, 0.05) is 18.0 Å². The topological polar surface area (TPSA) is 52.2 Å². The lowest BCUT2D eigenvalue weighted by atomic mass is 10.1. The summed E-state index contributed by atoms with van der Waals surface area (Å²) >= 11 is 6.26. The standard InChI is InChI=1S/C13H5ClF8N4OS/c14-6-3-26-9(27)7(8(12(17,18)19)24-10(26)28-6)5-1-23-25(2-5)4-11(15,16)13(20,21)22/h1-3H,4H2. The maximum absolute atomic E-state index is 13.3. The Bertz CT molecular complexity index is 1100. The fourth-order valence-electron chi connectivity index (χ4n) is 2.25. The Morgan fingerprint density at radius 2 is 1.71 bits per heavy atom. The first-order valence-electron chi connectivity index (χ1n) is 6.97. The summed E-state index contributed by atoms with van der Waals surface area (Å²) in [7, 11) is 0. The second-order valence-corrected chi connectivity index (χ2v) is 7.10. The van der Waals surface area contributed by atoms with Gasteiger partial charge in [-0.1, -0.05) is 22.9 Å². The Hall–Kier alpha value is -2.22. The number of alkyl halides is 8. The molecule has 3 heterocycles. The van der Waals surface area contributed by atoms with E-state index in [0.29, 0.717) is 28.1 Å². The number of aromatic nitrogens is 4. The van der Waals surface area contributed by atoms with Crippen LogP contribution >= 0.6 is 22.9 Å². The van der Waals surface area contributed by atoms with Crippen molar-refractivity contribution in [3.05, 3.63) is 39.0 Å². The van der Waals surface area contributed by atoms with E-state index in [4.69, 9.17) is 11.6 Å². The molecule has 0 fully saturated rings. The van der Waals surface area contributed by atoms with Crippen LogP contribution in [0.25, 0.3) is 16.1 Å². The van der Waals surface area contributed by atoms with Gasteiger partial charge in [0.05, 0.1) is 11.8 Å². The van der Waals surface area contributed by atoms with Crippen molar-refractivity contribution < 1.29 is 35.1 Å². The van der Waals surface area contributed by atoms with Crippen molar-refractivity contribution in [2.24, 2.45) is 0 Å². The number of hydrogen-bond acceptors (Lipinski definition) is 4. The molecule has 0 spiro atoms. The largest absolute Gasteiger partial charge is 0.455 e. The molecule has 3 rings (SSSR count). The van der Waals surface area contributed by atoms with E-state index in [1.54, 1.807) is 0 Å². The Morgan fingerprint density at radius 1 is 1.07 bits per heavy atom. The molecule has 152 valence electrons. The molecule has 0 aliphatic rings. The lowest BCUT2D eigenvalue weighted by molar-refractivity contribution is -0.287. The van der Waals surface area contributed by atoms with Gasteiger partial charge in [-0.05, 0) is 0 Å². The van der Waals surface area contributed by atoms with E-state index in [0.717, 1.165) is 6.20 Å². The molecule has 0 bridgehead atoms. The monoisotopic (exact) mass is 452 g/mol. The van der Waals surface area contributed by atoms with Crippen molar-refractivity contribution in [2.45, 2.75) is 24.8 Å². The first-order valence-corrected chi connectivity index (χ1v) is 8.16. The van der Waals surface area contributed by atoms with Gasteiger partial charge in [-0.15, -0.1) is 0 Å². The Morgan fingerprint density at radius 3 is 2.29 bits per heavy atom. The fourth-order valence-corrected chi connectivity index (χ4v) is 3.26. The molecule has 0 saturated carbocycles. The van der Waals surface area contributed by atoms with Gasteiger partial charge in [-0.3, -0.25) is 13.9 Å². The Labute approximate surface area is 157 Å². The molecule has 28 heavy (non-hydrogen) atoms. The molecule has 3 aromatic rings. The van der Waals surface area contributed by atoms with Crippen LogP contribution in [0.15, 0.2) is 23.4 Å². The minimum atomic E-state index is -5.89. The van der Waals surface area contributed by atoms with Crippen LogP contribution in [0.3, 0.4) is 0 Å². The van der Waals surface area contributed by atoms with Crippen molar-refractivity contribution in [3.63, 3.8) is 0 Å². The predicted octanol–water partition coefficient (Wildman–Crippen LogP) is 4.49. The number of thiazole rings is 1. The first kappa shape index (κ1) is 20.5. The molecule has 0 aliphatic heterocycles. The van der Waals surface area contributed by atoms with E-state index in [2.05, 4.69) is 10.1 Å². The molecule has 5 nitrogen and oxygen atoms in total. The average molecular weight is 453 g/mol. The highest BCUT2D eigenvalue weighted by Crippen LogP contribution is 2.38. The molecule has 0 saturated heterocycles. The number of rotatable bonds is 3. The van der Waals surface area contributed by atoms with E-state index in [-0.39, 0.29) is 14.0 Å². The predicted molar refractivity (Wildman–Crippen MR) is 81.6 cm³/mol. The normalized spacial score (nSPS) is 13.5. The maximum Gasteiger partial charge on any atom is 0.455 e. The summed E-state index contributed by atoms with van der Waals surface area (Å²) in [4.78, 5) is 15.4. The Balaban J connectivity index is 2.15. The van der Waals surface area contributed by atoms with Crippen molar-refractivity contribution in [2.75, 3.05) is 0 Å². The first-order chi connectivity index (χ1) is 12.7. The third kappa shape index (κ3) is 3.57. The molecule has 3 aromatic heterocycles. The van der Waals surface area contributed by atoms with Crippen molar-refractivity contribution >= 4 is 27.9 Å². The molecule has 0 unspecified atom stereocenters. The zero-order valence-corrected chi connectivity index (χ0v) is 14.5. The third-order valence-electron chi connectivity index (χ3n) is 3.47. The zero-order valence-electron chi connectivity index (χ0n) is 12.9. The molecule has 0 aromatic carbocycles. The van der Waals surface area contributed by atoms with Crippen LogP contribution in [0.2, 0.25) is 4.34 Å². The zero-order chi connectivity index (χ0) is 21.1. The van der Waals surface area contributed by atoms with Gasteiger partial charge in [0.1, 0.15) is 10.9 Å². The summed E-state index contributed by atoms with van der Waals surface area (Å²) in [5.41, 5.74) is -4.55. The van der Waals surface area contributed by atoms with Crippen LogP contribution in [0.1, 0.15) is 5.69 Å². The van der Waals surface area contributed by atoms with Gasteiger partial charge >= 0.3 is 18.3 Å². The molecule has 0 amide bonds. The summed E-state index contributed by atoms with van der Waals surface area (Å²) in [5.74, 6) is -5.18. The van der Waals surface area contributed by atoms with E-state index in [9.17, 15) is 39.9 Å². The number of halogens is 9. The Kier molecular flexibility index (Phi) is 4.69. The van der Waals surface area contributed by atoms with Gasteiger partial charge in [0.25, 0.3) is 5.56 Å². The number of fused-ring (bicyclic) bond motifs is 1. The fraction of sp³-hybridized carbons (Fsp3) is 0.308. The number of nitrogens with zero attached hydrogens (tertiary/aromatic N) is 4. The van der Waals surface area contributed by atoms with Crippen LogP contribution in [-0.4, -0.2) is 31.3 Å². The van der Waals surface area contributed by atoms with Crippen LogP contribution in [0, 0.1) is 0 Å². The van der Waals surface area contributed by atoms with E-state index in [1.807, 2.05) is 0 Å². The van der Waals surface area contributed by atoms with E-state index >= 15 is 0 Å². The SMILES string of the molecule is O=c1c(-c2cnn(CC(F)(F)C(F)(F)F)c2)c(C(F)(F)F)nc2sc(Cl)cn12. The number of hydrogen-bond donors (Lipinski definition) is 0. The van der Waals surface area contributed by atoms with E-state index in [1.165, 1.54) is 0 Å². The summed E-state index contributed by atoms with van der Waals surface area (Å²) in [6, 6.07) is 0. The summed E-state index contributed by atoms with van der Waals surface area (Å²) in [5, 5.41) is 3.21. The van der Waals surface area contributed by atoms with E-state index < -0.39 is 47.2 Å². The molecule has 0 radical (unpaired) electrons. The summed E-state index contributed by atoms with van der Waals surface area (Å²) in [6.07, 6.45) is -8.95. The van der Waals surface area contributed by atoms with Crippen LogP contribution in [-0.2, 0) is 12.7 Å². The molecule has 0 atom stereocenters. The smallest absolute Gasteiger partial charge is 0.268 e. The van der Waals surface area contributed by atoms with Crippen molar-refractivity contribution in [1.29, 1.82) is 0 Å². The van der Waals surface area contributed by atoms with Gasteiger partial charge in [-0.2, -0.15) is 40.2 Å². The van der Waals surface area contributed by atoms with Crippen LogP contribution in [0.5, 0.6) is 0 Å². The summed E-state index contributed by atoms with van der Waals surface area (Å²) < 4.78 is 104. The second-order valence-electron chi connectivity index (χ2n) is 5.45. The highest BCUT2D eigenvalue weighted by atomic mass is 35.5. The van der Waals surface area contributed by atoms with Crippen LogP contribution < -0.4 is 5.56 Å². The minimum absolute atomic E-state index is 0.0459. The molecule has 15 heteroatoms. The van der Waals surface area contributed by atoms with Gasteiger partial charge in [-0.25, -0.2) is 4.98 Å².